The first-order valence-corrected chi connectivity index (χ1v) is 5.45. The van der Waals surface area contributed by atoms with Gasteiger partial charge in [0.1, 0.15) is 10.9 Å². The van der Waals surface area contributed by atoms with Crippen molar-refractivity contribution >= 4 is 23.5 Å². The summed E-state index contributed by atoms with van der Waals surface area (Å²) in [7, 11) is 0. The fourth-order valence-electron chi connectivity index (χ4n) is 1.25. The van der Waals surface area contributed by atoms with Gasteiger partial charge in [-0.1, -0.05) is 18.5 Å². The number of rotatable bonds is 3. The molecule has 6 heteroatoms. The Morgan fingerprint density at radius 3 is 2.94 bits per heavy atom. The Hall–Kier alpha value is -1.88. The van der Waals surface area contributed by atoms with Crippen LogP contribution in [-0.2, 0) is 6.42 Å². The van der Waals surface area contributed by atoms with Crippen LogP contribution < -0.4 is 5.32 Å². The van der Waals surface area contributed by atoms with Crippen molar-refractivity contribution < 1.29 is 9.21 Å². The predicted octanol–water partition coefficient (Wildman–Crippen LogP) is 2.54. The molecule has 5 nitrogen and oxygen atoms in total. The summed E-state index contributed by atoms with van der Waals surface area (Å²) >= 11 is 5.68. The van der Waals surface area contributed by atoms with E-state index in [1.54, 1.807) is 12.1 Å². The second-order valence-electron chi connectivity index (χ2n) is 3.28. The Morgan fingerprint density at radius 1 is 1.47 bits per heavy atom. The molecule has 0 aliphatic heterocycles. The highest BCUT2D eigenvalue weighted by atomic mass is 35.5. The first-order valence-electron chi connectivity index (χ1n) is 5.07. The van der Waals surface area contributed by atoms with Crippen molar-refractivity contribution in [2.45, 2.75) is 13.3 Å². The smallest absolute Gasteiger partial charge is 0.293 e. The number of anilines is 1. The molecule has 2 rings (SSSR count). The van der Waals surface area contributed by atoms with Gasteiger partial charge in [-0.3, -0.25) is 10.1 Å². The summed E-state index contributed by atoms with van der Waals surface area (Å²) in [6.45, 7) is 1.95. The number of furan rings is 1. The molecule has 0 unspecified atom stereocenters. The molecule has 1 amide bonds. The summed E-state index contributed by atoms with van der Waals surface area (Å²) in [6.07, 6.45) is 2.20. The Kier molecular flexibility index (Phi) is 3.39. The first-order chi connectivity index (χ1) is 8.19. The Balaban J connectivity index is 2.11. The maximum Gasteiger partial charge on any atom is 0.293 e. The number of amides is 1. The van der Waals surface area contributed by atoms with Crippen molar-refractivity contribution in [3.05, 3.63) is 41.1 Å². The number of hydrogen-bond acceptors (Lipinski definition) is 4. The van der Waals surface area contributed by atoms with Gasteiger partial charge in [-0.15, -0.1) is 0 Å². The normalized spacial score (nSPS) is 10.2. The molecule has 0 aromatic carbocycles. The van der Waals surface area contributed by atoms with Crippen LogP contribution in [0.5, 0.6) is 0 Å². The van der Waals surface area contributed by atoms with E-state index in [1.165, 1.54) is 12.3 Å². The molecule has 1 N–H and O–H groups in total. The van der Waals surface area contributed by atoms with Crippen molar-refractivity contribution in [1.29, 1.82) is 0 Å². The third-order valence-corrected chi connectivity index (χ3v) is 2.29. The highest BCUT2D eigenvalue weighted by molar-refractivity contribution is 6.29. The molecular weight excluding hydrogens is 242 g/mol. The van der Waals surface area contributed by atoms with Gasteiger partial charge in [0.05, 0.1) is 0 Å². The number of aromatic nitrogens is 2. The molecule has 0 atom stereocenters. The summed E-state index contributed by atoms with van der Waals surface area (Å²) < 4.78 is 5.30. The van der Waals surface area contributed by atoms with E-state index in [0.29, 0.717) is 0 Å². The molecule has 0 aliphatic rings. The zero-order valence-corrected chi connectivity index (χ0v) is 9.86. The van der Waals surface area contributed by atoms with E-state index in [2.05, 4.69) is 15.3 Å². The quantitative estimate of drug-likeness (QED) is 0.851. The average molecular weight is 252 g/mol. The van der Waals surface area contributed by atoms with E-state index in [9.17, 15) is 4.79 Å². The van der Waals surface area contributed by atoms with Crippen LogP contribution in [-0.4, -0.2) is 15.9 Å². The van der Waals surface area contributed by atoms with Crippen LogP contribution in [0.2, 0.25) is 5.15 Å². The van der Waals surface area contributed by atoms with E-state index in [-0.39, 0.29) is 16.9 Å². The number of nitrogens with zero attached hydrogens (tertiary/aromatic N) is 2. The van der Waals surface area contributed by atoms with Gasteiger partial charge in [0.2, 0.25) is 5.95 Å². The summed E-state index contributed by atoms with van der Waals surface area (Å²) in [4.78, 5) is 19.4. The Labute approximate surface area is 103 Å². The number of carbonyl (C=O) groups excluding carboxylic acids is 1. The minimum Gasteiger partial charge on any atom is -0.456 e. The lowest BCUT2D eigenvalue weighted by Crippen LogP contribution is -2.13. The summed E-state index contributed by atoms with van der Waals surface area (Å²) in [5, 5.41) is 2.76. The number of hydrogen-bond donors (Lipinski definition) is 1. The maximum atomic E-state index is 11.7. The number of halogens is 1. The zero-order chi connectivity index (χ0) is 12.3. The Bertz CT molecular complexity index is 539. The second-order valence-corrected chi connectivity index (χ2v) is 3.66. The van der Waals surface area contributed by atoms with Crippen LogP contribution >= 0.6 is 11.6 Å². The zero-order valence-electron chi connectivity index (χ0n) is 9.11. The molecule has 0 saturated carbocycles. The molecule has 0 aliphatic carbocycles. The van der Waals surface area contributed by atoms with Gasteiger partial charge in [-0.25, -0.2) is 9.97 Å². The van der Waals surface area contributed by atoms with Gasteiger partial charge in [-0.2, -0.15) is 0 Å². The molecule has 0 spiro atoms. The van der Waals surface area contributed by atoms with Crippen molar-refractivity contribution in [1.82, 2.24) is 9.97 Å². The molecule has 88 valence electrons. The lowest BCUT2D eigenvalue weighted by Gasteiger charge is -2.00. The fraction of sp³-hybridized carbons (Fsp3) is 0.182. The molecule has 0 radical (unpaired) electrons. The first kappa shape index (κ1) is 11.6. The number of nitrogens with one attached hydrogen (secondary N) is 1. The highest BCUT2D eigenvalue weighted by Gasteiger charge is 2.12. The maximum absolute atomic E-state index is 11.7. The van der Waals surface area contributed by atoms with E-state index < -0.39 is 5.91 Å². The lowest BCUT2D eigenvalue weighted by atomic mass is 10.3. The van der Waals surface area contributed by atoms with Crippen LogP contribution in [0.25, 0.3) is 0 Å². The lowest BCUT2D eigenvalue weighted by molar-refractivity contribution is 0.0994. The largest absolute Gasteiger partial charge is 0.456 e. The molecule has 17 heavy (non-hydrogen) atoms. The van der Waals surface area contributed by atoms with Crippen molar-refractivity contribution in [3.8, 4) is 0 Å². The van der Waals surface area contributed by atoms with E-state index in [4.69, 9.17) is 16.0 Å². The third-order valence-electron chi connectivity index (χ3n) is 2.08. The molecular formula is C11H10ClN3O2. The van der Waals surface area contributed by atoms with Crippen LogP contribution in [0, 0.1) is 0 Å². The summed E-state index contributed by atoms with van der Waals surface area (Å²) in [6, 6.07) is 4.89. The van der Waals surface area contributed by atoms with Crippen molar-refractivity contribution in [2.24, 2.45) is 0 Å². The van der Waals surface area contributed by atoms with Gasteiger partial charge in [0.25, 0.3) is 5.91 Å². The predicted molar refractivity (Wildman–Crippen MR) is 63.1 cm³/mol. The van der Waals surface area contributed by atoms with Gasteiger partial charge in [0.15, 0.2) is 5.76 Å². The SMILES string of the molecule is CCc1ccc(C(=O)Nc2nccc(Cl)n2)o1. The summed E-state index contributed by atoms with van der Waals surface area (Å²) in [5.41, 5.74) is 0. The topological polar surface area (TPSA) is 68.0 Å². The summed E-state index contributed by atoms with van der Waals surface area (Å²) in [5.74, 6) is 0.733. The van der Waals surface area contributed by atoms with Crippen LogP contribution in [0.1, 0.15) is 23.2 Å². The molecule has 2 aromatic heterocycles. The van der Waals surface area contributed by atoms with Crippen molar-refractivity contribution in [3.63, 3.8) is 0 Å². The second kappa shape index (κ2) is 4.97. The minimum atomic E-state index is -0.396. The average Bonchev–Trinajstić information content (AvgIpc) is 2.77. The van der Waals surface area contributed by atoms with Crippen LogP contribution in [0.15, 0.2) is 28.8 Å². The van der Waals surface area contributed by atoms with E-state index >= 15 is 0 Å². The monoisotopic (exact) mass is 251 g/mol. The number of carbonyl (C=O) groups is 1. The van der Waals surface area contributed by atoms with Gasteiger partial charge < -0.3 is 4.42 Å². The minimum absolute atomic E-state index is 0.150. The van der Waals surface area contributed by atoms with Crippen LogP contribution in [0.4, 0.5) is 5.95 Å². The fourth-order valence-corrected chi connectivity index (χ4v) is 1.39. The van der Waals surface area contributed by atoms with Gasteiger partial charge in [0, 0.05) is 12.6 Å². The Morgan fingerprint density at radius 2 is 2.29 bits per heavy atom. The standard InChI is InChI=1S/C11H10ClN3O2/c1-2-7-3-4-8(17-7)10(16)15-11-13-6-5-9(12)14-11/h3-6H,2H2,1H3,(H,13,14,15,16). The highest BCUT2D eigenvalue weighted by Crippen LogP contribution is 2.11. The van der Waals surface area contributed by atoms with Gasteiger partial charge >= 0.3 is 0 Å². The molecule has 0 saturated heterocycles. The molecule has 2 heterocycles. The third kappa shape index (κ3) is 2.82. The molecule has 0 bridgehead atoms. The van der Waals surface area contributed by atoms with Crippen molar-refractivity contribution in [2.75, 3.05) is 5.32 Å². The number of aryl methyl sites for hydroxylation is 1. The molecule has 2 aromatic rings. The van der Waals surface area contributed by atoms with E-state index in [0.717, 1.165) is 12.2 Å². The van der Waals surface area contributed by atoms with Gasteiger partial charge in [-0.05, 0) is 18.2 Å². The van der Waals surface area contributed by atoms with E-state index in [1.807, 2.05) is 6.92 Å². The molecule has 0 fully saturated rings. The van der Waals surface area contributed by atoms with Crippen LogP contribution in [0.3, 0.4) is 0 Å².